The van der Waals surface area contributed by atoms with E-state index in [4.69, 9.17) is 16.3 Å². The molecule has 0 aliphatic heterocycles. The van der Waals surface area contributed by atoms with Crippen LogP contribution in [0.3, 0.4) is 0 Å². The molecule has 0 fully saturated rings. The SMILES string of the molecule is CCCOc1cncc(C(O)C(F)(F)Cl)c1. The van der Waals surface area contributed by atoms with Crippen molar-refractivity contribution in [3.8, 4) is 5.75 Å². The lowest BCUT2D eigenvalue weighted by molar-refractivity contribution is -0.0427. The van der Waals surface area contributed by atoms with Gasteiger partial charge in [-0.05, 0) is 24.1 Å². The number of hydrogen-bond acceptors (Lipinski definition) is 3. The van der Waals surface area contributed by atoms with Gasteiger partial charge in [0.15, 0.2) is 6.10 Å². The number of halogens is 3. The van der Waals surface area contributed by atoms with Crippen LogP contribution in [-0.4, -0.2) is 22.1 Å². The van der Waals surface area contributed by atoms with Crippen molar-refractivity contribution >= 4 is 11.6 Å². The number of pyridine rings is 1. The average molecular weight is 252 g/mol. The molecule has 0 radical (unpaired) electrons. The second-order valence-corrected chi connectivity index (χ2v) is 3.75. The molecule has 0 aliphatic carbocycles. The van der Waals surface area contributed by atoms with Crippen molar-refractivity contribution in [2.75, 3.05) is 6.61 Å². The van der Waals surface area contributed by atoms with Gasteiger partial charge in [0.25, 0.3) is 0 Å². The first kappa shape index (κ1) is 13.1. The molecule has 6 heteroatoms. The van der Waals surface area contributed by atoms with Crippen molar-refractivity contribution in [3.05, 3.63) is 24.0 Å². The van der Waals surface area contributed by atoms with Gasteiger partial charge in [-0.3, -0.25) is 4.98 Å². The van der Waals surface area contributed by atoms with Gasteiger partial charge in [-0.2, -0.15) is 8.78 Å². The molecule has 16 heavy (non-hydrogen) atoms. The lowest BCUT2D eigenvalue weighted by Crippen LogP contribution is -2.19. The van der Waals surface area contributed by atoms with Gasteiger partial charge in [-0.1, -0.05) is 6.92 Å². The van der Waals surface area contributed by atoms with Crippen molar-refractivity contribution in [1.82, 2.24) is 4.98 Å². The summed E-state index contributed by atoms with van der Waals surface area (Å²) < 4.78 is 30.5. The van der Waals surface area contributed by atoms with Crippen LogP contribution >= 0.6 is 11.6 Å². The molecule has 0 saturated heterocycles. The van der Waals surface area contributed by atoms with Crippen LogP contribution in [0.25, 0.3) is 0 Å². The van der Waals surface area contributed by atoms with Crippen LogP contribution < -0.4 is 4.74 Å². The second-order valence-electron chi connectivity index (χ2n) is 3.25. The topological polar surface area (TPSA) is 42.4 Å². The van der Waals surface area contributed by atoms with Crippen LogP contribution in [0.4, 0.5) is 8.78 Å². The van der Waals surface area contributed by atoms with Crippen LogP contribution in [-0.2, 0) is 0 Å². The minimum atomic E-state index is -3.72. The third kappa shape index (κ3) is 3.57. The molecule has 1 heterocycles. The minimum Gasteiger partial charge on any atom is -0.492 e. The molecule has 0 amide bonds. The Kier molecular flexibility index (Phi) is 4.44. The Morgan fingerprint density at radius 1 is 1.56 bits per heavy atom. The van der Waals surface area contributed by atoms with Crippen molar-refractivity contribution in [2.24, 2.45) is 0 Å². The maximum Gasteiger partial charge on any atom is 0.351 e. The summed E-state index contributed by atoms with van der Waals surface area (Å²) in [6, 6.07) is 1.30. The monoisotopic (exact) mass is 251 g/mol. The Bertz CT molecular complexity index is 344. The van der Waals surface area contributed by atoms with E-state index in [1.54, 1.807) is 0 Å². The summed E-state index contributed by atoms with van der Waals surface area (Å²) in [5.41, 5.74) is -0.0754. The fourth-order valence-corrected chi connectivity index (χ4v) is 1.20. The van der Waals surface area contributed by atoms with E-state index in [-0.39, 0.29) is 5.56 Å². The van der Waals surface area contributed by atoms with Gasteiger partial charge < -0.3 is 9.84 Å². The molecule has 0 spiro atoms. The molecule has 0 aliphatic rings. The first-order valence-electron chi connectivity index (χ1n) is 4.77. The summed E-state index contributed by atoms with van der Waals surface area (Å²) in [5, 5.41) is 5.51. The summed E-state index contributed by atoms with van der Waals surface area (Å²) in [4.78, 5) is 3.70. The number of rotatable bonds is 5. The highest BCUT2D eigenvalue weighted by molar-refractivity contribution is 6.22. The van der Waals surface area contributed by atoms with Gasteiger partial charge in [-0.25, -0.2) is 0 Å². The van der Waals surface area contributed by atoms with Crippen LogP contribution in [0.1, 0.15) is 25.0 Å². The summed E-state index contributed by atoms with van der Waals surface area (Å²) in [7, 11) is 0. The fraction of sp³-hybridized carbons (Fsp3) is 0.500. The maximum absolute atomic E-state index is 12.6. The van der Waals surface area contributed by atoms with E-state index in [2.05, 4.69) is 4.98 Å². The largest absolute Gasteiger partial charge is 0.492 e. The van der Waals surface area contributed by atoms with E-state index in [1.807, 2.05) is 6.92 Å². The van der Waals surface area contributed by atoms with Gasteiger partial charge in [-0.15, -0.1) is 0 Å². The summed E-state index contributed by atoms with van der Waals surface area (Å²) in [6.45, 7) is 2.37. The second kappa shape index (κ2) is 5.41. The Labute approximate surface area is 97.0 Å². The minimum absolute atomic E-state index is 0.0754. The molecule has 0 bridgehead atoms. The molecule has 3 nitrogen and oxygen atoms in total. The molecule has 90 valence electrons. The van der Waals surface area contributed by atoms with Crippen LogP contribution in [0, 0.1) is 0 Å². The molecule has 1 N–H and O–H groups in total. The Balaban J connectivity index is 2.81. The maximum atomic E-state index is 12.6. The number of aromatic nitrogens is 1. The highest BCUT2D eigenvalue weighted by Crippen LogP contribution is 2.35. The van der Waals surface area contributed by atoms with E-state index in [9.17, 15) is 13.9 Å². The Morgan fingerprint density at radius 3 is 2.81 bits per heavy atom. The number of ether oxygens (including phenoxy) is 1. The van der Waals surface area contributed by atoms with Crippen LogP contribution in [0.2, 0.25) is 0 Å². The Hall–Kier alpha value is -0.940. The van der Waals surface area contributed by atoms with Gasteiger partial charge in [0, 0.05) is 11.8 Å². The molecular weight excluding hydrogens is 240 g/mol. The van der Waals surface area contributed by atoms with Crippen molar-refractivity contribution in [3.63, 3.8) is 0 Å². The van der Waals surface area contributed by atoms with Crippen molar-refractivity contribution in [2.45, 2.75) is 24.8 Å². The molecule has 1 aromatic heterocycles. The van der Waals surface area contributed by atoms with E-state index in [0.717, 1.165) is 12.6 Å². The zero-order chi connectivity index (χ0) is 12.2. The number of aliphatic hydroxyl groups excluding tert-OH is 1. The summed E-state index contributed by atoms with van der Waals surface area (Å²) in [6.07, 6.45) is 1.21. The third-order valence-corrected chi connectivity index (χ3v) is 2.04. The molecule has 1 unspecified atom stereocenters. The standard InChI is InChI=1S/C10H12ClF2NO2/c1-2-3-16-8-4-7(5-14-6-8)9(15)10(11,12)13/h4-6,9,15H,2-3H2,1H3. The first-order chi connectivity index (χ1) is 7.45. The molecule has 1 atom stereocenters. The van der Waals surface area contributed by atoms with Gasteiger partial charge in [0.05, 0.1) is 12.8 Å². The molecule has 0 saturated carbocycles. The average Bonchev–Trinajstić information content (AvgIpc) is 2.24. The third-order valence-electron chi connectivity index (χ3n) is 1.83. The predicted octanol–water partition coefficient (Wildman–Crippen LogP) is 2.74. The lowest BCUT2D eigenvalue weighted by atomic mass is 10.1. The first-order valence-corrected chi connectivity index (χ1v) is 5.15. The molecule has 1 rings (SSSR count). The number of alkyl halides is 3. The number of nitrogens with zero attached hydrogens (tertiary/aromatic N) is 1. The van der Waals surface area contributed by atoms with E-state index >= 15 is 0 Å². The van der Waals surface area contributed by atoms with Crippen molar-refractivity contribution in [1.29, 1.82) is 0 Å². The molecule has 0 aromatic carbocycles. The highest BCUT2D eigenvalue weighted by Gasteiger charge is 2.37. The number of hydrogen-bond donors (Lipinski definition) is 1. The van der Waals surface area contributed by atoms with Gasteiger partial charge in [0.1, 0.15) is 5.75 Å². The summed E-state index contributed by atoms with van der Waals surface area (Å²) >= 11 is 4.72. The zero-order valence-electron chi connectivity index (χ0n) is 8.66. The molecular formula is C10H12ClF2NO2. The van der Waals surface area contributed by atoms with Crippen LogP contribution in [0.15, 0.2) is 18.5 Å². The number of aliphatic hydroxyl groups is 1. The predicted molar refractivity (Wildman–Crippen MR) is 55.8 cm³/mol. The van der Waals surface area contributed by atoms with E-state index in [1.165, 1.54) is 12.3 Å². The fourth-order valence-electron chi connectivity index (χ4n) is 1.07. The van der Waals surface area contributed by atoms with Crippen molar-refractivity contribution < 1.29 is 18.6 Å². The smallest absolute Gasteiger partial charge is 0.351 e. The van der Waals surface area contributed by atoms with Gasteiger partial charge in [0.2, 0.25) is 0 Å². The van der Waals surface area contributed by atoms with E-state index in [0.29, 0.717) is 12.4 Å². The normalized spacial score (nSPS) is 13.6. The summed E-state index contributed by atoms with van der Waals surface area (Å²) in [5.74, 6) is 0.333. The van der Waals surface area contributed by atoms with E-state index < -0.39 is 11.5 Å². The van der Waals surface area contributed by atoms with Gasteiger partial charge >= 0.3 is 5.38 Å². The zero-order valence-corrected chi connectivity index (χ0v) is 9.42. The Morgan fingerprint density at radius 2 is 2.25 bits per heavy atom. The lowest BCUT2D eigenvalue weighted by Gasteiger charge is -2.16. The highest BCUT2D eigenvalue weighted by atomic mass is 35.5. The molecule has 1 aromatic rings. The quantitative estimate of drug-likeness (QED) is 0.819. The van der Waals surface area contributed by atoms with Crippen LogP contribution in [0.5, 0.6) is 5.75 Å².